The SMILES string of the molecule is C.CN(C)[C@@H]1C(=O)C(C(N)=O)=C(O)[C@@]2(O)C(=O)C3=C(O)c4c(O)c(CS(C)(=O)=O)cc(-c5ccccn5)c4C[C@H]3C[C@@H]12. The molecule has 1 fully saturated rings. The molecule has 3 aliphatic carbocycles. The number of amides is 1. The number of likely N-dealkylation sites (N-methyl/N-ethyl adjacent to an activating group) is 1. The summed E-state index contributed by atoms with van der Waals surface area (Å²) in [6.07, 6.45) is 2.49. The number of rotatable bonds is 5. The maximum absolute atomic E-state index is 14.0. The second kappa shape index (κ2) is 10.3. The lowest BCUT2D eigenvalue weighted by molar-refractivity contribution is -0.153. The summed E-state index contributed by atoms with van der Waals surface area (Å²) in [6, 6.07) is 5.36. The van der Waals surface area contributed by atoms with Crippen molar-refractivity contribution < 1.29 is 43.2 Å². The van der Waals surface area contributed by atoms with E-state index >= 15 is 0 Å². The summed E-state index contributed by atoms with van der Waals surface area (Å²) in [5, 5.41) is 45.5. The zero-order valence-electron chi connectivity index (χ0n) is 22.5. The van der Waals surface area contributed by atoms with Gasteiger partial charge in [0.15, 0.2) is 21.2 Å². The van der Waals surface area contributed by atoms with Gasteiger partial charge in [0.1, 0.15) is 22.8 Å². The average molecular weight is 600 g/mol. The third-order valence-electron chi connectivity index (χ3n) is 8.16. The van der Waals surface area contributed by atoms with Crippen molar-refractivity contribution >= 4 is 33.1 Å². The largest absolute Gasteiger partial charge is 0.508 e. The number of ketones is 2. The number of carbonyl (C=O) groups is 3. The fourth-order valence-corrected chi connectivity index (χ4v) is 7.30. The summed E-state index contributed by atoms with van der Waals surface area (Å²) in [4.78, 5) is 45.2. The number of nitrogens with zero attached hydrogens (tertiary/aromatic N) is 2. The summed E-state index contributed by atoms with van der Waals surface area (Å²) in [5.74, 6) is -8.31. The number of benzene rings is 1. The van der Waals surface area contributed by atoms with Gasteiger partial charge in [0.25, 0.3) is 5.91 Å². The Morgan fingerprint density at radius 1 is 1.19 bits per heavy atom. The molecule has 0 saturated heterocycles. The minimum absolute atomic E-state index is 0. The molecule has 0 spiro atoms. The van der Waals surface area contributed by atoms with Crippen molar-refractivity contribution in [2.75, 3.05) is 20.4 Å². The van der Waals surface area contributed by atoms with E-state index in [9.17, 15) is 43.2 Å². The van der Waals surface area contributed by atoms with Crippen LogP contribution in [0.3, 0.4) is 0 Å². The quantitative estimate of drug-likeness (QED) is 0.309. The summed E-state index contributed by atoms with van der Waals surface area (Å²) in [6.45, 7) is 0. The third-order valence-corrected chi connectivity index (χ3v) is 8.99. The number of aromatic hydroxyl groups is 1. The van der Waals surface area contributed by atoms with Crippen molar-refractivity contribution in [3.05, 3.63) is 64.1 Å². The zero-order chi connectivity index (χ0) is 30.2. The lowest BCUT2D eigenvalue weighted by Gasteiger charge is -2.50. The number of hydrogen-bond donors (Lipinski definition) is 5. The Bertz CT molecular complexity index is 1700. The predicted octanol–water partition coefficient (Wildman–Crippen LogP) is 1.21. The van der Waals surface area contributed by atoms with Gasteiger partial charge in [-0.1, -0.05) is 13.5 Å². The van der Waals surface area contributed by atoms with Crippen LogP contribution in [-0.2, 0) is 36.4 Å². The van der Waals surface area contributed by atoms with Crippen molar-refractivity contribution in [1.82, 2.24) is 9.88 Å². The van der Waals surface area contributed by atoms with E-state index in [2.05, 4.69) is 4.98 Å². The number of Topliss-reactive ketones (excluding diaryl/α,β-unsaturated/α-hetero) is 2. The number of nitrogens with two attached hydrogens (primary N) is 1. The molecule has 1 aromatic heterocycles. The first kappa shape index (κ1) is 30.9. The van der Waals surface area contributed by atoms with Crippen LogP contribution in [0.25, 0.3) is 17.0 Å². The maximum Gasteiger partial charge on any atom is 0.255 e. The van der Waals surface area contributed by atoms with Crippen LogP contribution in [0.2, 0.25) is 0 Å². The predicted molar refractivity (Wildman–Crippen MR) is 153 cm³/mol. The highest BCUT2D eigenvalue weighted by molar-refractivity contribution is 7.89. The number of hydrogen-bond acceptors (Lipinski definition) is 11. The summed E-state index contributed by atoms with van der Waals surface area (Å²) in [5.41, 5.74) is 2.38. The lowest BCUT2D eigenvalue weighted by atomic mass is 9.57. The number of sulfone groups is 1. The highest BCUT2D eigenvalue weighted by Gasteiger charge is 2.64. The van der Waals surface area contributed by atoms with Crippen molar-refractivity contribution in [3.63, 3.8) is 0 Å². The number of primary amides is 1. The molecular formula is C29H33N3O9S. The van der Waals surface area contributed by atoms with Crippen LogP contribution in [0.1, 0.15) is 30.5 Å². The smallest absolute Gasteiger partial charge is 0.255 e. The minimum Gasteiger partial charge on any atom is -0.508 e. The van der Waals surface area contributed by atoms with Gasteiger partial charge in [-0.25, -0.2) is 8.42 Å². The van der Waals surface area contributed by atoms with Crippen LogP contribution < -0.4 is 5.73 Å². The highest BCUT2D eigenvalue weighted by atomic mass is 32.2. The van der Waals surface area contributed by atoms with Crippen LogP contribution in [0.15, 0.2) is 47.4 Å². The monoisotopic (exact) mass is 599 g/mol. The average Bonchev–Trinajstić information content (AvgIpc) is 2.87. The van der Waals surface area contributed by atoms with E-state index < -0.39 is 79.4 Å². The van der Waals surface area contributed by atoms with Crippen LogP contribution >= 0.6 is 0 Å². The first-order valence-electron chi connectivity index (χ1n) is 12.7. The fraction of sp³-hybridized carbons (Fsp3) is 0.379. The number of phenolic OH excluding ortho intramolecular Hbond substituents is 1. The number of aliphatic hydroxyl groups excluding tert-OH is 2. The summed E-state index contributed by atoms with van der Waals surface area (Å²) < 4.78 is 24.3. The van der Waals surface area contributed by atoms with Crippen molar-refractivity contribution in [2.45, 2.75) is 37.7 Å². The number of aliphatic hydroxyl groups is 3. The summed E-state index contributed by atoms with van der Waals surface area (Å²) >= 11 is 0. The van der Waals surface area contributed by atoms with E-state index in [1.165, 1.54) is 31.3 Å². The molecule has 0 bridgehead atoms. The molecule has 2 aromatic rings. The lowest BCUT2D eigenvalue weighted by Crippen LogP contribution is -2.65. The number of carbonyl (C=O) groups excluding carboxylic acids is 3. The Morgan fingerprint density at radius 3 is 2.40 bits per heavy atom. The molecule has 224 valence electrons. The van der Waals surface area contributed by atoms with Crippen LogP contribution in [0.4, 0.5) is 0 Å². The normalized spacial score (nSPS) is 25.5. The van der Waals surface area contributed by atoms with Crippen molar-refractivity contribution in [1.29, 1.82) is 0 Å². The molecule has 5 rings (SSSR count). The van der Waals surface area contributed by atoms with Gasteiger partial charge < -0.3 is 26.2 Å². The molecule has 1 heterocycles. The number of pyridine rings is 1. The molecule has 0 aliphatic heterocycles. The maximum atomic E-state index is 14.0. The Balaban J connectivity index is 0.00000405. The van der Waals surface area contributed by atoms with Gasteiger partial charge in [-0.15, -0.1) is 0 Å². The van der Waals surface area contributed by atoms with Crippen LogP contribution in [0, 0.1) is 11.8 Å². The molecule has 1 saturated carbocycles. The molecule has 3 aliphatic rings. The van der Waals surface area contributed by atoms with Gasteiger partial charge >= 0.3 is 0 Å². The molecule has 12 nitrogen and oxygen atoms in total. The number of phenols is 1. The van der Waals surface area contributed by atoms with Crippen molar-refractivity contribution in [2.24, 2.45) is 17.6 Å². The fourth-order valence-electron chi connectivity index (χ4n) is 6.51. The minimum atomic E-state index is -3.65. The zero-order valence-corrected chi connectivity index (χ0v) is 23.3. The van der Waals surface area contributed by atoms with Crippen LogP contribution in [-0.4, -0.2) is 88.2 Å². The number of fused-ring (bicyclic) bond motifs is 3. The molecule has 13 heteroatoms. The van der Waals surface area contributed by atoms with Gasteiger partial charge in [0.05, 0.1) is 23.1 Å². The topological polar surface area (TPSA) is 208 Å². The van der Waals surface area contributed by atoms with Crippen LogP contribution in [0.5, 0.6) is 5.75 Å². The number of aromatic nitrogens is 1. The standard InChI is InChI=1S/C28H29N3O9S.CH4/c1-31(2)21-16-10-12-8-15-14(17-6-4-5-7-30-17)9-13(11-41(3,39)40)22(32)19(15)23(33)18(12)25(35)28(16,38)26(36)20(24(21)34)27(29)37;/h4-7,9,12,16,21,32-33,36,38H,8,10-11H2,1-3H3,(H2,29,37);1H4/t12-,16-,21-,28-;/m0./s1. The molecule has 0 radical (unpaired) electrons. The van der Waals surface area contributed by atoms with E-state index in [-0.39, 0.29) is 37.0 Å². The summed E-state index contributed by atoms with van der Waals surface area (Å²) in [7, 11) is -0.604. The molecule has 4 atom stereocenters. The van der Waals surface area contributed by atoms with Gasteiger partial charge in [0.2, 0.25) is 5.78 Å². The van der Waals surface area contributed by atoms with E-state index in [1.54, 1.807) is 18.2 Å². The molecule has 42 heavy (non-hydrogen) atoms. The third kappa shape index (κ3) is 4.48. The molecule has 0 unspecified atom stereocenters. The van der Waals surface area contributed by atoms with E-state index in [1.807, 2.05) is 0 Å². The Kier molecular flexibility index (Phi) is 7.60. The van der Waals surface area contributed by atoms with Gasteiger partial charge in [-0.3, -0.25) is 24.3 Å². The van der Waals surface area contributed by atoms with E-state index in [4.69, 9.17) is 5.73 Å². The first-order chi connectivity index (χ1) is 19.1. The molecule has 1 amide bonds. The van der Waals surface area contributed by atoms with Gasteiger partial charge in [0, 0.05) is 35.1 Å². The first-order valence-corrected chi connectivity index (χ1v) is 14.8. The highest BCUT2D eigenvalue weighted by Crippen LogP contribution is 2.54. The Hall–Kier alpha value is -4.07. The second-order valence-corrected chi connectivity index (χ2v) is 13.2. The Labute approximate surface area is 242 Å². The molecular weight excluding hydrogens is 566 g/mol. The second-order valence-electron chi connectivity index (χ2n) is 11.0. The van der Waals surface area contributed by atoms with Gasteiger partial charge in [-0.2, -0.15) is 0 Å². The van der Waals surface area contributed by atoms with E-state index in [0.29, 0.717) is 16.8 Å². The Morgan fingerprint density at radius 2 is 1.86 bits per heavy atom. The van der Waals surface area contributed by atoms with E-state index in [0.717, 1.165) is 6.26 Å². The molecule has 6 N–H and O–H groups in total. The van der Waals surface area contributed by atoms with Crippen molar-refractivity contribution in [3.8, 4) is 17.0 Å². The molecule has 1 aromatic carbocycles. The van der Waals surface area contributed by atoms with Gasteiger partial charge in [-0.05, 0) is 56.6 Å².